The first-order chi connectivity index (χ1) is 17.1. The van der Waals surface area contributed by atoms with Crippen molar-refractivity contribution in [2.24, 2.45) is 5.73 Å². The zero-order chi connectivity index (χ0) is 28.5. The Kier molecular flexibility index (Phi) is 11.6. The van der Waals surface area contributed by atoms with Crippen LogP contribution in [0, 0.1) is 13.8 Å². The number of methoxy groups -OCH3 is 1. The first-order valence-electron chi connectivity index (χ1n) is 12.1. The van der Waals surface area contributed by atoms with E-state index in [0.717, 1.165) is 11.1 Å². The fourth-order valence-electron chi connectivity index (χ4n) is 3.73. The molecular formula is C26H40N4O7. The van der Waals surface area contributed by atoms with E-state index in [2.05, 4.69) is 15.4 Å². The SMILES string of the molecule is COC(=O)CNC(=O)C(c1ccc(C)cc1C)N(C(=O)C(CCC(N)=O)NC(=O)OC(C)(C)C)C(C)C. The number of nitrogens with zero attached hydrogens (tertiary/aromatic N) is 1. The summed E-state index contributed by atoms with van der Waals surface area (Å²) in [6.45, 7) is 11.8. The highest BCUT2D eigenvalue weighted by Crippen LogP contribution is 2.28. The summed E-state index contributed by atoms with van der Waals surface area (Å²) in [5.74, 6) is -2.52. The number of aryl methyl sites for hydroxylation is 2. The van der Waals surface area contributed by atoms with Crippen LogP contribution in [-0.4, -0.2) is 66.0 Å². The van der Waals surface area contributed by atoms with E-state index >= 15 is 0 Å². The molecule has 1 aromatic carbocycles. The Balaban J connectivity index is 3.53. The largest absolute Gasteiger partial charge is 0.468 e. The van der Waals surface area contributed by atoms with Gasteiger partial charge in [0.15, 0.2) is 0 Å². The second kappa shape index (κ2) is 13.6. The van der Waals surface area contributed by atoms with Gasteiger partial charge in [-0.2, -0.15) is 0 Å². The number of carbonyl (C=O) groups excluding carboxylic acids is 5. The quantitative estimate of drug-likeness (QED) is 0.377. The van der Waals surface area contributed by atoms with E-state index < -0.39 is 60.1 Å². The molecule has 37 heavy (non-hydrogen) atoms. The van der Waals surface area contributed by atoms with E-state index in [-0.39, 0.29) is 12.8 Å². The highest BCUT2D eigenvalue weighted by Gasteiger charge is 2.38. The zero-order valence-corrected chi connectivity index (χ0v) is 23.0. The van der Waals surface area contributed by atoms with E-state index in [1.807, 2.05) is 26.0 Å². The van der Waals surface area contributed by atoms with Crippen LogP contribution in [0.1, 0.15) is 70.2 Å². The van der Waals surface area contributed by atoms with Gasteiger partial charge in [0.25, 0.3) is 0 Å². The Hall–Kier alpha value is -3.63. The van der Waals surface area contributed by atoms with Gasteiger partial charge in [0.1, 0.15) is 24.2 Å². The second-order valence-electron chi connectivity index (χ2n) is 10.1. The third kappa shape index (κ3) is 10.1. The minimum absolute atomic E-state index is 0.0972. The van der Waals surface area contributed by atoms with Gasteiger partial charge in [-0.25, -0.2) is 4.79 Å². The lowest BCUT2D eigenvalue weighted by Crippen LogP contribution is -2.55. The Morgan fingerprint density at radius 2 is 1.70 bits per heavy atom. The number of alkyl carbamates (subject to hydrolysis) is 1. The van der Waals surface area contributed by atoms with Crippen LogP contribution in [0.2, 0.25) is 0 Å². The molecule has 0 heterocycles. The van der Waals surface area contributed by atoms with Crippen molar-refractivity contribution in [2.45, 2.75) is 85.0 Å². The van der Waals surface area contributed by atoms with Crippen molar-refractivity contribution in [1.82, 2.24) is 15.5 Å². The number of nitrogens with two attached hydrogens (primary N) is 1. The van der Waals surface area contributed by atoms with Gasteiger partial charge in [-0.3, -0.25) is 19.2 Å². The predicted octanol–water partition coefficient (Wildman–Crippen LogP) is 2.03. The van der Waals surface area contributed by atoms with Gasteiger partial charge in [-0.05, 0) is 66.0 Å². The molecule has 206 valence electrons. The van der Waals surface area contributed by atoms with Crippen LogP contribution < -0.4 is 16.4 Å². The van der Waals surface area contributed by atoms with Gasteiger partial charge in [0.05, 0.1) is 7.11 Å². The van der Waals surface area contributed by atoms with Gasteiger partial charge in [0, 0.05) is 12.5 Å². The van der Waals surface area contributed by atoms with Crippen LogP contribution in [0.5, 0.6) is 0 Å². The van der Waals surface area contributed by atoms with Crippen molar-refractivity contribution < 1.29 is 33.4 Å². The topological polar surface area (TPSA) is 157 Å². The van der Waals surface area contributed by atoms with Crippen LogP contribution in [0.3, 0.4) is 0 Å². The molecule has 11 heteroatoms. The average molecular weight is 521 g/mol. The number of hydrogen-bond donors (Lipinski definition) is 3. The number of amides is 4. The van der Waals surface area contributed by atoms with Gasteiger partial charge in [-0.1, -0.05) is 23.8 Å². The van der Waals surface area contributed by atoms with Crippen molar-refractivity contribution in [3.8, 4) is 0 Å². The van der Waals surface area contributed by atoms with Crippen LogP contribution in [0.25, 0.3) is 0 Å². The van der Waals surface area contributed by atoms with Crippen molar-refractivity contribution in [1.29, 1.82) is 0 Å². The lowest BCUT2D eigenvalue weighted by molar-refractivity contribution is -0.146. The molecule has 0 saturated heterocycles. The molecule has 0 radical (unpaired) electrons. The van der Waals surface area contributed by atoms with Crippen LogP contribution >= 0.6 is 0 Å². The summed E-state index contributed by atoms with van der Waals surface area (Å²) in [4.78, 5) is 64.4. The van der Waals surface area contributed by atoms with Crippen molar-refractivity contribution in [3.05, 3.63) is 34.9 Å². The van der Waals surface area contributed by atoms with E-state index in [9.17, 15) is 24.0 Å². The van der Waals surface area contributed by atoms with E-state index in [1.54, 1.807) is 40.7 Å². The number of ether oxygens (including phenoxy) is 2. The van der Waals surface area contributed by atoms with E-state index in [0.29, 0.717) is 5.56 Å². The molecule has 4 amide bonds. The minimum Gasteiger partial charge on any atom is -0.468 e. The summed E-state index contributed by atoms with van der Waals surface area (Å²) >= 11 is 0. The fourth-order valence-corrected chi connectivity index (χ4v) is 3.73. The number of nitrogens with one attached hydrogen (secondary N) is 2. The molecule has 2 atom stereocenters. The molecule has 4 N–H and O–H groups in total. The van der Waals surface area contributed by atoms with E-state index in [1.165, 1.54) is 12.0 Å². The van der Waals surface area contributed by atoms with Crippen molar-refractivity contribution >= 4 is 29.8 Å². The highest BCUT2D eigenvalue weighted by molar-refractivity contribution is 5.93. The molecule has 0 aliphatic carbocycles. The molecule has 11 nitrogen and oxygen atoms in total. The summed E-state index contributed by atoms with van der Waals surface area (Å²) < 4.78 is 9.92. The lowest BCUT2D eigenvalue weighted by Gasteiger charge is -2.37. The lowest BCUT2D eigenvalue weighted by atomic mass is 9.95. The number of carbonyl (C=O) groups is 5. The van der Waals surface area contributed by atoms with Gasteiger partial charge in [-0.15, -0.1) is 0 Å². The maximum absolute atomic E-state index is 13.9. The van der Waals surface area contributed by atoms with E-state index in [4.69, 9.17) is 10.5 Å². The molecule has 0 aliphatic heterocycles. The monoisotopic (exact) mass is 520 g/mol. The second-order valence-corrected chi connectivity index (χ2v) is 10.1. The maximum Gasteiger partial charge on any atom is 0.408 e. The van der Waals surface area contributed by atoms with Crippen LogP contribution in [-0.2, 0) is 28.7 Å². The summed E-state index contributed by atoms with van der Waals surface area (Å²) in [7, 11) is 1.20. The molecule has 0 saturated carbocycles. The third-order valence-electron chi connectivity index (χ3n) is 5.36. The molecule has 0 fully saturated rings. The smallest absolute Gasteiger partial charge is 0.408 e. The van der Waals surface area contributed by atoms with Crippen molar-refractivity contribution in [3.63, 3.8) is 0 Å². The molecule has 0 bridgehead atoms. The normalized spacial score (nSPS) is 12.8. The van der Waals surface area contributed by atoms with Gasteiger partial charge in [0.2, 0.25) is 17.7 Å². The third-order valence-corrected chi connectivity index (χ3v) is 5.36. The first-order valence-corrected chi connectivity index (χ1v) is 12.1. The Morgan fingerprint density at radius 3 is 2.19 bits per heavy atom. The molecule has 0 spiro atoms. The summed E-state index contributed by atoms with van der Waals surface area (Å²) in [5.41, 5.74) is 6.74. The molecule has 2 unspecified atom stereocenters. The number of primary amides is 1. The highest BCUT2D eigenvalue weighted by atomic mass is 16.6. The van der Waals surface area contributed by atoms with Gasteiger partial charge >= 0.3 is 12.1 Å². The zero-order valence-electron chi connectivity index (χ0n) is 23.0. The minimum atomic E-state index is -1.20. The molecule has 1 rings (SSSR count). The number of esters is 1. The summed E-state index contributed by atoms with van der Waals surface area (Å²) in [6.07, 6.45) is -1.13. The predicted molar refractivity (Wildman–Crippen MR) is 137 cm³/mol. The molecule has 1 aromatic rings. The number of rotatable bonds is 11. The Bertz CT molecular complexity index is 1000. The molecule has 0 aliphatic rings. The average Bonchev–Trinajstić information content (AvgIpc) is 2.76. The number of benzene rings is 1. The molecule has 0 aromatic heterocycles. The fraction of sp³-hybridized carbons (Fsp3) is 0.577. The van der Waals surface area contributed by atoms with Gasteiger partial charge < -0.3 is 30.7 Å². The number of hydrogen-bond acceptors (Lipinski definition) is 7. The van der Waals surface area contributed by atoms with Crippen LogP contribution in [0.4, 0.5) is 4.79 Å². The Morgan fingerprint density at radius 1 is 1.08 bits per heavy atom. The van der Waals surface area contributed by atoms with Crippen molar-refractivity contribution in [2.75, 3.05) is 13.7 Å². The van der Waals surface area contributed by atoms with Crippen LogP contribution in [0.15, 0.2) is 18.2 Å². The standard InChI is InChI=1S/C26H40N4O7/c1-15(2)30(24(34)19(11-12-20(27)31)29-25(35)37-26(5,6)7)22(23(33)28-14-21(32)36-8)18-10-9-16(3)13-17(18)4/h9-10,13,15,19,22H,11-12,14H2,1-8H3,(H2,27,31)(H,28,33)(H,29,35). The summed E-state index contributed by atoms with van der Waals surface area (Å²) in [5, 5.41) is 5.06. The first kappa shape index (κ1) is 31.4. The Labute approximate surface area is 218 Å². The summed E-state index contributed by atoms with van der Waals surface area (Å²) in [6, 6.07) is 2.58. The maximum atomic E-state index is 13.9. The molecular weight excluding hydrogens is 480 g/mol.